The molecular formula is C17H24N5O9P. The van der Waals surface area contributed by atoms with Gasteiger partial charge < -0.3 is 39.9 Å². The van der Waals surface area contributed by atoms with Crippen LogP contribution >= 0.6 is 7.60 Å². The predicted molar refractivity (Wildman–Crippen MR) is 106 cm³/mol. The molecule has 15 heteroatoms. The zero-order valence-electron chi connectivity index (χ0n) is 17.0. The smallest absolute Gasteiger partial charge is 0.365 e. The molecule has 2 aromatic heterocycles. The number of hydrogen-bond acceptors (Lipinski definition) is 11. The van der Waals surface area contributed by atoms with Crippen molar-refractivity contribution < 1.29 is 43.6 Å². The van der Waals surface area contributed by atoms with Gasteiger partial charge in [-0.25, -0.2) is 19.7 Å². The van der Waals surface area contributed by atoms with Crippen molar-refractivity contribution in [2.45, 2.75) is 56.1 Å². The number of ether oxygens (including phenoxy) is 3. The molecule has 0 aromatic carbocycles. The molecule has 1 saturated carbocycles. The second-order valence-electron chi connectivity index (χ2n) is 7.64. The average Bonchev–Trinajstić information content (AvgIpc) is 3.42. The molecule has 1 aliphatic carbocycles. The normalized spacial score (nSPS) is 27.0. The fraction of sp³-hybridized carbons (Fsp3) is 0.647. The zero-order valence-corrected chi connectivity index (χ0v) is 17.9. The van der Waals surface area contributed by atoms with Crippen molar-refractivity contribution in [3.8, 4) is 0 Å². The lowest BCUT2D eigenvalue weighted by molar-refractivity contribution is -0.155. The maximum atomic E-state index is 11.8. The summed E-state index contributed by atoms with van der Waals surface area (Å²) in [5.74, 6) is -2.48. The predicted octanol–water partition coefficient (Wildman–Crippen LogP) is -1.01. The molecule has 1 aliphatic heterocycles. The summed E-state index contributed by atoms with van der Waals surface area (Å²) in [5.41, 5.74) is 6.61. The van der Waals surface area contributed by atoms with Crippen LogP contribution in [0.25, 0.3) is 11.2 Å². The van der Waals surface area contributed by atoms with Gasteiger partial charge in [0.15, 0.2) is 17.7 Å². The Labute approximate surface area is 181 Å². The third-order valence-electron chi connectivity index (χ3n) is 5.23. The highest BCUT2D eigenvalue weighted by atomic mass is 31.2. The molecule has 2 aliphatic rings. The topological polar surface area (TPSA) is 212 Å². The molecule has 0 radical (unpaired) electrons. The summed E-state index contributed by atoms with van der Waals surface area (Å²) in [7, 11) is -5.01. The number of esters is 1. The van der Waals surface area contributed by atoms with E-state index in [2.05, 4.69) is 19.7 Å². The number of anilines is 1. The van der Waals surface area contributed by atoms with Crippen LogP contribution in [0.4, 0.5) is 5.82 Å². The van der Waals surface area contributed by atoms with E-state index in [1.165, 1.54) is 17.8 Å². The maximum Gasteiger partial charge on any atom is 0.365 e. The summed E-state index contributed by atoms with van der Waals surface area (Å²) < 4.78 is 28.4. The number of aliphatic hydroxyl groups is 2. The zero-order chi connectivity index (χ0) is 23.2. The molecule has 0 amide bonds. The minimum atomic E-state index is -5.01. The van der Waals surface area contributed by atoms with Crippen LogP contribution in [0, 0.1) is 0 Å². The van der Waals surface area contributed by atoms with Gasteiger partial charge in [-0.15, -0.1) is 0 Å². The average molecular weight is 473 g/mol. The van der Waals surface area contributed by atoms with Crippen LogP contribution in [0.15, 0.2) is 6.33 Å². The van der Waals surface area contributed by atoms with Gasteiger partial charge in [-0.2, -0.15) is 0 Å². The molecule has 0 bridgehead atoms. The quantitative estimate of drug-likeness (QED) is 0.230. The monoisotopic (exact) mass is 473 g/mol. The molecule has 0 spiro atoms. The summed E-state index contributed by atoms with van der Waals surface area (Å²) in [6, 6.07) is 0. The van der Waals surface area contributed by atoms with E-state index >= 15 is 0 Å². The molecular weight excluding hydrogens is 449 g/mol. The Hall–Kier alpha value is -2.19. The van der Waals surface area contributed by atoms with Crippen molar-refractivity contribution in [3.05, 3.63) is 12.2 Å². The van der Waals surface area contributed by atoms with Crippen molar-refractivity contribution in [2.75, 3.05) is 18.9 Å². The number of nitrogens with two attached hydrogens (primary N) is 1. The Balaban J connectivity index is 1.53. The van der Waals surface area contributed by atoms with E-state index in [0.29, 0.717) is 17.0 Å². The van der Waals surface area contributed by atoms with Crippen molar-refractivity contribution in [1.29, 1.82) is 0 Å². The second-order valence-corrected chi connectivity index (χ2v) is 9.29. The van der Waals surface area contributed by atoms with Crippen LogP contribution in [-0.4, -0.2) is 82.9 Å². The van der Waals surface area contributed by atoms with E-state index in [0.717, 1.165) is 12.8 Å². The minimum absolute atomic E-state index is 0.108. The first kappa shape index (κ1) is 23.0. The molecule has 5 atom stereocenters. The molecule has 3 heterocycles. The number of hydrogen-bond donors (Lipinski definition) is 5. The Bertz CT molecular complexity index is 1050. The number of aliphatic hydroxyl groups excluding tert-OH is 2. The molecule has 6 N–H and O–H groups in total. The maximum absolute atomic E-state index is 11.8. The first-order chi connectivity index (χ1) is 15.1. The largest absolute Gasteiger partial charge is 0.464 e. The second kappa shape index (κ2) is 8.63. The molecule has 4 rings (SSSR count). The van der Waals surface area contributed by atoms with Gasteiger partial charge in [-0.05, 0) is 19.8 Å². The van der Waals surface area contributed by atoms with Gasteiger partial charge in [0.25, 0.3) is 5.85 Å². The van der Waals surface area contributed by atoms with E-state index < -0.39 is 50.6 Å². The van der Waals surface area contributed by atoms with Gasteiger partial charge in [0.1, 0.15) is 29.7 Å². The molecule has 32 heavy (non-hydrogen) atoms. The van der Waals surface area contributed by atoms with Gasteiger partial charge in [0, 0.05) is 5.92 Å². The fourth-order valence-corrected chi connectivity index (χ4v) is 4.09. The molecule has 5 unspecified atom stereocenters. The summed E-state index contributed by atoms with van der Waals surface area (Å²) in [6.07, 6.45) is -2.05. The summed E-state index contributed by atoms with van der Waals surface area (Å²) >= 11 is 0. The summed E-state index contributed by atoms with van der Waals surface area (Å²) in [6.45, 7) is 0.768. The highest BCUT2D eigenvalue weighted by molar-refractivity contribution is 7.53. The molecule has 2 aromatic rings. The lowest BCUT2D eigenvalue weighted by atomic mass is 10.1. The van der Waals surface area contributed by atoms with Crippen LogP contribution in [0.1, 0.15) is 37.7 Å². The lowest BCUT2D eigenvalue weighted by Crippen LogP contribution is -2.36. The Morgan fingerprint density at radius 3 is 2.69 bits per heavy atom. The number of nitrogens with zero attached hydrogens (tertiary/aromatic N) is 4. The number of nitrogen functional groups attached to an aromatic ring is 1. The Kier molecular flexibility index (Phi) is 6.20. The first-order valence-corrected chi connectivity index (χ1v) is 11.6. The molecule has 1 saturated heterocycles. The molecule has 176 valence electrons. The van der Waals surface area contributed by atoms with Crippen molar-refractivity contribution in [3.63, 3.8) is 0 Å². The number of carbonyl (C=O) groups is 1. The van der Waals surface area contributed by atoms with Gasteiger partial charge in [-0.1, -0.05) is 0 Å². The standard InChI is InChI=1S/C17H24N5O9P/c1-2-29-16(25)17(32(26,27)28)30-5-8-10(23)11(24)15(31-8)22-6-19-9-12(18)20-13(7-3-4-7)21-14(9)22/h6-8,10-11,15,17,23-24H,2-5H2,1H3,(H2,18,20,21)(H2,26,27,28). The fourth-order valence-electron chi connectivity index (χ4n) is 3.46. The highest BCUT2D eigenvalue weighted by Crippen LogP contribution is 2.43. The van der Waals surface area contributed by atoms with Crippen molar-refractivity contribution >= 4 is 30.5 Å². The van der Waals surface area contributed by atoms with Gasteiger partial charge >= 0.3 is 13.6 Å². The van der Waals surface area contributed by atoms with Crippen LogP contribution in [0.5, 0.6) is 0 Å². The minimum Gasteiger partial charge on any atom is -0.464 e. The Morgan fingerprint density at radius 1 is 1.34 bits per heavy atom. The number of aromatic nitrogens is 4. The van der Waals surface area contributed by atoms with Crippen LogP contribution in [0.3, 0.4) is 0 Å². The van der Waals surface area contributed by atoms with Crippen molar-refractivity contribution in [1.82, 2.24) is 19.5 Å². The van der Waals surface area contributed by atoms with Crippen LogP contribution in [-0.2, 0) is 23.6 Å². The molecule has 14 nitrogen and oxygen atoms in total. The first-order valence-electron chi connectivity index (χ1n) is 9.96. The third kappa shape index (κ3) is 4.35. The van der Waals surface area contributed by atoms with Crippen LogP contribution in [0.2, 0.25) is 0 Å². The SMILES string of the molecule is CCOC(=O)C(OCC1OC(n2cnc3c(N)nc(C4CC4)nc32)C(O)C1O)P(=O)(O)O. The van der Waals surface area contributed by atoms with Gasteiger partial charge in [0.2, 0.25) is 0 Å². The van der Waals surface area contributed by atoms with E-state index in [1.807, 2.05) is 0 Å². The lowest BCUT2D eigenvalue weighted by Gasteiger charge is -2.20. The van der Waals surface area contributed by atoms with E-state index in [1.54, 1.807) is 0 Å². The summed E-state index contributed by atoms with van der Waals surface area (Å²) in [5, 5.41) is 20.9. The molecule has 2 fully saturated rings. The highest BCUT2D eigenvalue weighted by Gasteiger charge is 2.46. The van der Waals surface area contributed by atoms with Crippen molar-refractivity contribution in [2.24, 2.45) is 0 Å². The Morgan fingerprint density at radius 2 is 2.06 bits per heavy atom. The van der Waals surface area contributed by atoms with Crippen LogP contribution < -0.4 is 5.73 Å². The summed E-state index contributed by atoms with van der Waals surface area (Å²) in [4.78, 5) is 43.5. The van der Waals surface area contributed by atoms with Gasteiger partial charge in [0.05, 0.1) is 19.5 Å². The number of imidazole rings is 1. The number of fused-ring (bicyclic) bond motifs is 1. The third-order valence-corrected chi connectivity index (χ3v) is 6.20. The van der Waals surface area contributed by atoms with E-state index in [9.17, 15) is 29.4 Å². The number of rotatable bonds is 8. The van der Waals surface area contributed by atoms with Gasteiger partial charge in [-0.3, -0.25) is 9.13 Å². The number of carbonyl (C=O) groups excluding carboxylic acids is 1. The van der Waals surface area contributed by atoms with E-state index in [-0.39, 0.29) is 18.3 Å². The van der Waals surface area contributed by atoms with E-state index in [4.69, 9.17) is 15.2 Å².